The summed E-state index contributed by atoms with van der Waals surface area (Å²) < 4.78 is 6.22. The molecule has 17 heavy (non-hydrogen) atoms. The number of rotatable bonds is 6. The van der Waals surface area contributed by atoms with Gasteiger partial charge in [-0.15, -0.1) is 0 Å². The van der Waals surface area contributed by atoms with E-state index in [1.54, 1.807) is 0 Å². The van der Waals surface area contributed by atoms with E-state index in [0.717, 1.165) is 19.7 Å². The standard InChI is InChI=1S/C14H29NOS/c1-13(2,3)16-11-10-15-12-14(17-4)8-6-5-7-9-14/h15H,5-12H2,1-4H3. The normalized spacial score (nSPS) is 20.5. The molecule has 1 aliphatic rings. The Bertz CT molecular complexity index is 207. The minimum Gasteiger partial charge on any atom is -0.375 e. The molecule has 1 saturated carbocycles. The second kappa shape index (κ2) is 7.01. The van der Waals surface area contributed by atoms with Crippen molar-refractivity contribution in [2.75, 3.05) is 26.0 Å². The summed E-state index contributed by atoms with van der Waals surface area (Å²) in [6.45, 7) is 9.25. The number of nitrogens with one attached hydrogen (secondary N) is 1. The van der Waals surface area contributed by atoms with Crippen LogP contribution in [-0.4, -0.2) is 36.3 Å². The zero-order valence-electron chi connectivity index (χ0n) is 12.0. The Morgan fingerprint density at radius 1 is 1.18 bits per heavy atom. The molecule has 0 bridgehead atoms. The first kappa shape index (κ1) is 15.3. The van der Waals surface area contributed by atoms with Gasteiger partial charge in [-0.1, -0.05) is 19.3 Å². The zero-order chi connectivity index (χ0) is 12.8. The lowest BCUT2D eigenvalue weighted by Crippen LogP contribution is -2.40. The third kappa shape index (κ3) is 6.12. The fraction of sp³-hybridized carbons (Fsp3) is 1.00. The van der Waals surface area contributed by atoms with Crippen LogP contribution in [0, 0.1) is 0 Å². The molecule has 3 heteroatoms. The van der Waals surface area contributed by atoms with Crippen LogP contribution in [0.15, 0.2) is 0 Å². The first-order chi connectivity index (χ1) is 7.97. The van der Waals surface area contributed by atoms with Crippen molar-refractivity contribution < 1.29 is 4.74 Å². The van der Waals surface area contributed by atoms with Gasteiger partial charge in [0.05, 0.1) is 12.2 Å². The maximum Gasteiger partial charge on any atom is 0.0599 e. The summed E-state index contributed by atoms with van der Waals surface area (Å²) >= 11 is 2.05. The fourth-order valence-electron chi connectivity index (χ4n) is 2.39. The lowest BCUT2D eigenvalue weighted by molar-refractivity contribution is -0.000970. The molecule has 1 aliphatic carbocycles. The molecule has 0 aromatic rings. The highest BCUT2D eigenvalue weighted by Crippen LogP contribution is 2.37. The maximum absolute atomic E-state index is 5.72. The Balaban J connectivity index is 2.15. The minimum absolute atomic E-state index is 0.0102. The molecule has 0 aromatic heterocycles. The van der Waals surface area contributed by atoms with E-state index < -0.39 is 0 Å². The van der Waals surface area contributed by atoms with Gasteiger partial charge in [0.15, 0.2) is 0 Å². The summed E-state index contributed by atoms with van der Waals surface area (Å²) in [5.74, 6) is 0. The first-order valence-electron chi connectivity index (χ1n) is 6.87. The molecule has 1 rings (SSSR count). The van der Waals surface area contributed by atoms with Gasteiger partial charge < -0.3 is 10.1 Å². The van der Waals surface area contributed by atoms with E-state index in [-0.39, 0.29) is 5.60 Å². The molecule has 0 heterocycles. The SMILES string of the molecule is CSC1(CNCCOC(C)(C)C)CCCCC1. The Kier molecular flexibility index (Phi) is 6.32. The summed E-state index contributed by atoms with van der Waals surface area (Å²) in [7, 11) is 0. The largest absolute Gasteiger partial charge is 0.375 e. The van der Waals surface area contributed by atoms with Gasteiger partial charge in [0.1, 0.15) is 0 Å². The second-order valence-electron chi connectivity index (χ2n) is 6.09. The molecule has 102 valence electrons. The molecule has 1 N–H and O–H groups in total. The van der Waals surface area contributed by atoms with E-state index in [4.69, 9.17) is 4.74 Å². The van der Waals surface area contributed by atoms with Crippen LogP contribution < -0.4 is 5.32 Å². The van der Waals surface area contributed by atoms with Crippen LogP contribution in [0.1, 0.15) is 52.9 Å². The third-order valence-electron chi connectivity index (χ3n) is 3.46. The van der Waals surface area contributed by atoms with Gasteiger partial charge in [-0.2, -0.15) is 11.8 Å². The van der Waals surface area contributed by atoms with Gasteiger partial charge in [-0.3, -0.25) is 0 Å². The van der Waals surface area contributed by atoms with Gasteiger partial charge in [-0.05, 0) is 39.9 Å². The average molecular weight is 259 g/mol. The molecule has 0 aliphatic heterocycles. The Labute approximate surface area is 111 Å². The van der Waals surface area contributed by atoms with E-state index in [9.17, 15) is 0 Å². The highest BCUT2D eigenvalue weighted by molar-refractivity contribution is 8.00. The van der Waals surface area contributed by atoms with Crippen molar-refractivity contribution in [2.45, 2.75) is 63.2 Å². The first-order valence-corrected chi connectivity index (χ1v) is 8.10. The van der Waals surface area contributed by atoms with E-state index >= 15 is 0 Å². The van der Waals surface area contributed by atoms with Crippen molar-refractivity contribution in [1.82, 2.24) is 5.32 Å². The van der Waals surface area contributed by atoms with E-state index in [1.165, 1.54) is 32.1 Å². The summed E-state index contributed by atoms with van der Waals surface area (Å²) in [6, 6.07) is 0. The van der Waals surface area contributed by atoms with Gasteiger partial charge in [0.25, 0.3) is 0 Å². The van der Waals surface area contributed by atoms with Crippen molar-refractivity contribution >= 4 is 11.8 Å². The molecule has 0 aromatic carbocycles. The number of ether oxygens (including phenoxy) is 1. The molecule has 0 radical (unpaired) electrons. The van der Waals surface area contributed by atoms with Gasteiger partial charge in [0, 0.05) is 17.8 Å². The van der Waals surface area contributed by atoms with Gasteiger partial charge in [0.2, 0.25) is 0 Å². The summed E-state index contributed by atoms with van der Waals surface area (Å²) in [5, 5.41) is 3.57. The van der Waals surface area contributed by atoms with E-state index in [0.29, 0.717) is 4.75 Å². The second-order valence-corrected chi connectivity index (χ2v) is 7.36. The summed E-state index contributed by atoms with van der Waals surface area (Å²) in [4.78, 5) is 0. The van der Waals surface area contributed by atoms with Crippen LogP contribution in [0.4, 0.5) is 0 Å². The highest BCUT2D eigenvalue weighted by Gasteiger charge is 2.30. The van der Waals surface area contributed by atoms with Crippen molar-refractivity contribution in [3.05, 3.63) is 0 Å². The Morgan fingerprint density at radius 2 is 1.82 bits per heavy atom. The molecular weight excluding hydrogens is 230 g/mol. The topological polar surface area (TPSA) is 21.3 Å². The van der Waals surface area contributed by atoms with Crippen molar-refractivity contribution in [3.63, 3.8) is 0 Å². The average Bonchev–Trinajstić information content (AvgIpc) is 2.28. The number of hydrogen-bond donors (Lipinski definition) is 1. The van der Waals surface area contributed by atoms with E-state index in [1.807, 2.05) is 0 Å². The Morgan fingerprint density at radius 3 is 2.35 bits per heavy atom. The molecule has 0 amide bonds. The van der Waals surface area contributed by atoms with Crippen LogP contribution in [0.25, 0.3) is 0 Å². The van der Waals surface area contributed by atoms with E-state index in [2.05, 4.69) is 44.1 Å². The molecule has 0 saturated heterocycles. The highest BCUT2D eigenvalue weighted by atomic mass is 32.2. The number of thioether (sulfide) groups is 1. The lowest BCUT2D eigenvalue weighted by Gasteiger charge is -2.36. The van der Waals surface area contributed by atoms with Crippen molar-refractivity contribution in [3.8, 4) is 0 Å². The maximum atomic E-state index is 5.72. The van der Waals surface area contributed by atoms with Crippen LogP contribution in [0.2, 0.25) is 0 Å². The van der Waals surface area contributed by atoms with Crippen molar-refractivity contribution in [1.29, 1.82) is 0 Å². The van der Waals surface area contributed by atoms with Crippen LogP contribution in [0.3, 0.4) is 0 Å². The predicted molar refractivity (Wildman–Crippen MR) is 77.9 cm³/mol. The van der Waals surface area contributed by atoms with Crippen LogP contribution >= 0.6 is 11.8 Å². The van der Waals surface area contributed by atoms with Gasteiger partial charge >= 0.3 is 0 Å². The minimum atomic E-state index is -0.0102. The lowest BCUT2D eigenvalue weighted by atomic mass is 9.88. The zero-order valence-corrected chi connectivity index (χ0v) is 12.8. The summed E-state index contributed by atoms with van der Waals surface area (Å²) in [5.41, 5.74) is -0.0102. The molecular formula is C14H29NOS. The third-order valence-corrected chi connectivity index (χ3v) is 4.88. The Hall–Kier alpha value is 0.270. The smallest absolute Gasteiger partial charge is 0.0599 e. The van der Waals surface area contributed by atoms with Crippen LogP contribution in [-0.2, 0) is 4.74 Å². The molecule has 0 unspecified atom stereocenters. The quantitative estimate of drug-likeness (QED) is 0.738. The van der Waals surface area contributed by atoms with Gasteiger partial charge in [-0.25, -0.2) is 0 Å². The molecule has 2 nitrogen and oxygen atoms in total. The predicted octanol–water partition coefficient (Wildman–Crippen LogP) is 3.46. The number of hydrogen-bond acceptors (Lipinski definition) is 3. The summed E-state index contributed by atoms with van der Waals surface area (Å²) in [6.07, 6.45) is 9.25. The fourth-order valence-corrected chi connectivity index (χ4v) is 3.34. The molecule has 0 spiro atoms. The molecule has 1 fully saturated rings. The van der Waals surface area contributed by atoms with Crippen molar-refractivity contribution in [2.24, 2.45) is 0 Å². The molecule has 0 atom stereocenters. The van der Waals surface area contributed by atoms with Crippen LogP contribution in [0.5, 0.6) is 0 Å². The monoisotopic (exact) mass is 259 g/mol.